The number of nitrogens with one attached hydrogen (secondary N) is 1. The van der Waals surface area contributed by atoms with Gasteiger partial charge in [0.05, 0.1) is 6.10 Å². The normalized spacial score (nSPS) is 13.1. The van der Waals surface area contributed by atoms with Gasteiger partial charge in [0.1, 0.15) is 0 Å². The Morgan fingerprint density at radius 3 is 3.08 bits per heavy atom. The number of aliphatic hydroxyl groups is 1. The fraction of sp³-hybridized carbons (Fsp3) is 0.556. The van der Waals surface area contributed by atoms with E-state index in [1.165, 1.54) is 0 Å². The summed E-state index contributed by atoms with van der Waals surface area (Å²) in [5.74, 6) is 0. The van der Waals surface area contributed by atoms with E-state index in [0.29, 0.717) is 13.1 Å². The molecule has 0 bridgehead atoms. The van der Waals surface area contributed by atoms with E-state index in [9.17, 15) is 5.11 Å². The van der Waals surface area contributed by atoms with Crippen molar-refractivity contribution in [1.29, 1.82) is 0 Å². The summed E-state index contributed by atoms with van der Waals surface area (Å²) in [7, 11) is 0. The summed E-state index contributed by atoms with van der Waals surface area (Å²) < 4.78 is 0. The van der Waals surface area contributed by atoms with Crippen molar-refractivity contribution in [1.82, 2.24) is 5.32 Å². The van der Waals surface area contributed by atoms with Gasteiger partial charge in [-0.25, -0.2) is 0 Å². The third kappa shape index (κ3) is 3.87. The van der Waals surface area contributed by atoms with E-state index < -0.39 is 0 Å². The summed E-state index contributed by atoms with van der Waals surface area (Å²) in [4.78, 5) is 0. The Kier molecular flexibility index (Phi) is 5.00. The van der Waals surface area contributed by atoms with Crippen LogP contribution in [0.25, 0.3) is 0 Å². The van der Waals surface area contributed by atoms with Gasteiger partial charge in [-0.2, -0.15) is 11.3 Å². The Morgan fingerprint density at radius 1 is 1.62 bits per heavy atom. The first kappa shape index (κ1) is 10.7. The first-order valence-electron chi connectivity index (χ1n) is 4.45. The van der Waals surface area contributed by atoms with Gasteiger partial charge in [0, 0.05) is 6.54 Å². The van der Waals surface area contributed by atoms with Crippen molar-refractivity contribution in [3.8, 4) is 0 Å². The van der Waals surface area contributed by atoms with Gasteiger partial charge in [-0.15, -0.1) is 0 Å². The molecule has 1 atom stereocenters. The predicted octanol–water partition coefficient (Wildman–Crippen LogP) is 0.720. The molecule has 0 radical (unpaired) electrons. The number of hydrogen-bond acceptors (Lipinski definition) is 4. The van der Waals surface area contributed by atoms with Crippen molar-refractivity contribution in [2.45, 2.75) is 12.5 Å². The lowest BCUT2D eigenvalue weighted by molar-refractivity contribution is 0.175. The lowest BCUT2D eigenvalue weighted by Gasteiger charge is -2.09. The Hall–Kier alpha value is -0.420. The van der Waals surface area contributed by atoms with Crippen LogP contribution in [-0.4, -0.2) is 24.7 Å². The van der Waals surface area contributed by atoms with E-state index in [1.54, 1.807) is 11.3 Å². The smallest absolute Gasteiger partial charge is 0.0922 e. The summed E-state index contributed by atoms with van der Waals surface area (Å²) in [5, 5.41) is 16.7. The van der Waals surface area contributed by atoms with E-state index in [2.05, 4.69) is 5.32 Å². The van der Waals surface area contributed by atoms with Gasteiger partial charge in [-0.3, -0.25) is 0 Å². The van der Waals surface area contributed by atoms with Crippen LogP contribution in [0.1, 0.15) is 18.1 Å². The maximum atomic E-state index is 9.62. The highest BCUT2D eigenvalue weighted by atomic mass is 32.1. The summed E-state index contributed by atoms with van der Waals surface area (Å²) in [6, 6.07) is 1.94. The second kappa shape index (κ2) is 6.10. The minimum Gasteiger partial charge on any atom is -0.387 e. The molecular weight excluding hydrogens is 184 g/mol. The van der Waals surface area contributed by atoms with E-state index in [4.69, 9.17) is 5.73 Å². The molecule has 1 rings (SSSR count). The highest BCUT2D eigenvalue weighted by molar-refractivity contribution is 7.07. The fourth-order valence-electron chi connectivity index (χ4n) is 1.05. The minimum atomic E-state index is -0.385. The molecule has 1 aromatic rings. The summed E-state index contributed by atoms with van der Waals surface area (Å²) in [6.07, 6.45) is 0.570. The first-order valence-corrected chi connectivity index (χ1v) is 5.40. The van der Waals surface area contributed by atoms with Crippen LogP contribution in [-0.2, 0) is 0 Å². The lowest BCUT2D eigenvalue weighted by Crippen LogP contribution is -2.23. The molecule has 0 aromatic carbocycles. The predicted molar refractivity (Wildman–Crippen MR) is 55.8 cm³/mol. The van der Waals surface area contributed by atoms with Gasteiger partial charge < -0.3 is 16.2 Å². The standard InChI is InChI=1S/C9H16N2OS/c10-3-1-4-11-6-9(12)8-2-5-13-7-8/h2,5,7,9,11-12H,1,3-4,6,10H2. The van der Waals surface area contributed by atoms with Crippen LogP contribution in [0.3, 0.4) is 0 Å². The van der Waals surface area contributed by atoms with Gasteiger partial charge in [0.15, 0.2) is 0 Å². The molecule has 74 valence electrons. The third-order valence-electron chi connectivity index (χ3n) is 1.82. The Labute approximate surface area is 82.6 Å². The molecule has 4 heteroatoms. The van der Waals surface area contributed by atoms with Crippen LogP contribution in [0.4, 0.5) is 0 Å². The molecule has 0 aliphatic carbocycles. The van der Waals surface area contributed by atoms with Crippen LogP contribution in [0, 0.1) is 0 Å². The molecule has 0 fully saturated rings. The van der Waals surface area contributed by atoms with E-state index in [-0.39, 0.29) is 6.10 Å². The molecule has 3 nitrogen and oxygen atoms in total. The van der Waals surface area contributed by atoms with Crippen LogP contribution in [0.2, 0.25) is 0 Å². The average Bonchev–Trinajstić information content (AvgIpc) is 2.65. The number of nitrogens with two attached hydrogens (primary N) is 1. The number of thiophene rings is 1. The van der Waals surface area contributed by atoms with Crippen LogP contribution in [0.15, 0.2) is 16.8 Å². The number of rotatable bonds is 6. The SMILES string of the molecule is NCCCNCC(O)c1ccsc1. The van der Waals surface area contributed by atoms with Crippen molar-refractivity contribution in [2.75, 3.05) is 19.6 Å². The van der Waals surface area contributed by atoms with Crippen molar-refractivity contribution in [3.63, 3.8) is 0 Å². The number of hydrogen-bond donors (Lipinski definition) is 3. The second-order valence-corrected chi connectivity index (χ2v) is 3.70. The van der Waals surface area contributed by atoms with Gasteiger partial charge in [0.2, 0.25) is 0 Å². The Bertz CT molecular complexity index is 213. The fourth-order valence-corrected chi connectivity index (χ4v) is 1.76. The first-order chi connectivity index (χ1) is 6.34. The monoisotopic (exact) mass is 200 g/mol. The zero-order valence-corrected chi connectivity index (χ0v) is 8.39. The zero-order chi connectivity index (χ0) is 9.52. The molecule has 1 aromatic heterocycles. The van der Waals surface area contributed by atoms with Gasteiger partial charge >= 0.3 is 0 Å². The van der Waals surface area contributed by atoms with Crippen molar-refractivity contribution in [2.24, 2.45) is 5.73 Å². The minimum absolute atomic E-state index is 0.385. The Morgan fingerprint density at radius 2 is 2.46 bits per heavy atom. The molecular formula is C9H16N2OS. The molecule has 0 saturated carbocycles. The van der Waals surface area contributed by atoms with E-state index >= 15 is 0 Å². The maximum absolute atomic E-state index is 9.62. The van der Waals surface area contributed by atoms with E-state index in [1.807, 2.05) is 16.8 Å². The van der Waals surface area contributed by atoms with Crippen molar-refractivity contribution in [3.05, 3.63) is 22.4 Å². The largest absolute Gasteiger partial charge is 0.387 e. The van der Waals surface area contributed by atoms with Crippen LogP contribution >= 0.6 is 11.3 Å². The Balaban J connectivity index is 2.15. The highest BCUT2D eigenvalue weighted by Crippen LogP contribution is 2.14. The van der Waals surface area contributed by atoms with Gasteiger partial charge in [-0.1, -0.05) is 0 Å². The molecule has 0 aliphatic rings. The van der Waals surface area contributed by atoms with Crippen molar-refractivity contribution >= 4 is 11.3 Å². The van der Waals surface area contributed by atoms with Crippen molar-refractivity contribution < 1.29 is 5.11 Å². The quantitative estimate of drug-likeness (QED) is 0.593. The molecule has 13 heavy (non-hydrogen) atoms. The summed E-state index contributed by atoms with van der Waals surface area (Å²) in [6.45, 7) is 2.18. The summed E-state index contributed by atoms with van der Waals surface area (Å²) >= 11 is 1.60. The van der Waals surface area contributed by atoms with Gasteiger partial charge in [-0.05, 0) is 41.9 Å². The van der Waals surface area contributed by atoms with Crippen LogP contribution in [0.5, 0.6) is 0 Å². The topological polar surface area (TPSA) is 58.3 Å². The molecule has 0 aliphatic heterocycles. The molecule has 0 spiro atoms. The zero-order valence-electron chi connectivity index (χ0n) is 7.57. The maximum Gasteiger partial charge on any atom is 0.0922 e. The second-order valence-electron chi connectivity index (χ2n) is 2.92. The van der Waals surface area contributed by atoms with Crippen LogP contribution < -0.4 is 11.1 Å². The van der Waals surface area contributed by atoms with Gasteiger partial charge in [0.25, 0.3) is 0 Å². The van der Waals surface area contributed by atoms with E-state index in [0.717, 1.165) is 18.5 Å². The molecule has 1 heterocycles. The molecule has 0 amide bonds. The molecule has 0 saturated heterocycles. The lowest BCUT2D eigenvalue weighted by atomic mass is 10.2. The molecule has 1 unspecified atom stereocenters. The molecule has 4 N–H and O–H groups in total. The number of aliphatic hydroxyl groups excluding tert-OH is 1. The summed E-state index contributed by atoms with van der Waals surface area (Å²) in [5.41, 5.74) is 6.33. The highest BCUT2D eigenvalue weighted by Gasteiger charge is 2.05. The third-order valence-corrected chi connectivity index (χ3v) is 2.52. The average molecular weight is 200 g/mol.